The Bertz CT molecular complexity index is 584. The largest absolute Gasteiger partial charge is 0.494 e. The number of hydrogen-bond acceptors (Lipinski definition) is 3. The Morgan fingerprint density at radius 3 is 2.38 bits per heavy atom. The minimum atomic E-state index is 0.0321. The maximum atomic E-state index is 11.1. The average molecular weight is 286 g/mol. The average Bonchev–Trinajstić information content (AvgIpc) is 2.53. The lowest BCUT2D eigenvalue weighted by Crippen LogP contribution is -2.22. The fraction of sp³-hybridized carbons (Fsp3) is 0.353. The highest BCUT2D eigenvalue weighted by Gasteiger charge is 2.09. The van der Waals surface area contributed by atoms with Crippen LogP contribution in [0.15, 0.2) is 53.6 Å². The van der Waals surface area contributed by atoms with Gasteiger partial charge in [0.2, 0.25) is 0 Å². The number of pyridine rings is 1. The van der Waals surface area contributed by atoms with Crippen molar-refractivity contribution < 1.29 is 4.74 Å². The lowest BCUT2D eigenvalue weighted by Gasteiger charge is -2.19. The molecule has 2 aromatic rings. The van der Waals surface area contributed by atoms with Gasteiger partial charge in [0.15, 0.2) is 5.43 Å². The van der Waals surface area contributed by atoms with Gasteiger partial charge in [0.25, 0.3) is 0 Å². The van der Waals surface area contributed by atoms with Crippen LogP contribution >= 0.6 is 0 Å². The molecule has 0 radical (unpaired) electrons. The Balaban J connectivity index is 2.06. The molecule has 0 aliphatic carbocycles. The molecule has 0 aliphatic heterocycles. The first kappa shape index (κ1) is 15.3. The summed E-state index contributed by atoms with van der Waals surface area (Å²) in [5.74, 6) is 0.902. The fourth-order valence-corrected chi connectivity index (χ4v) is 2.16. The maximum absolute atomic E-state index is 11.1. The van der Waals surface area contributed by atoms with Crippen molar-refractivity contribution in [3.05, 3.63) is 64.6 Å². The normalized spacial score (nSPS) is 12.1. The van der Waals surface area contributed by atoms with Crippen LogP contribution in [0.25, 0.3) is 0 Å². The summed E-state index contributed by atoms with van der Waals surface area (Å²) in [5.41, 5.74) is 1.23. The topological polar surface area (TPSA) is 43.3 Å². The van der Waals surface area contributed by atoms with Gasteiger partial charge >= 0.3 is 0 Å². The maximum Gasteiger partial charge on any atom is 0.181 e. The first-order valence-electron chi connectivity index (χ1n) is 7.29. The molecule has 0 spiro atoms. The van der Waals surface area contributed by atoms with Crippen molar-refractivity contribution in [2.24, 2.45) is 0 Å². The molecule has 4 heteroatoms. The van der Waals surface area contributed by atoms with Gasteiger partial charge in [0, 0.05) is 37.1 Å². The highest BCUT2D eigenvalue weighted by molar-refractivity contribution is 5.29. The van der Waals surface area contributed by atoms with E-state index in [1.165, 1.54) is 5.56 Å². The Hall–Kier alpha value is -2.07. The summed E-state index contributed by atoms with van der Waals surface area (Å²) < 4.78 is 7.60. The number of hydrogen-bond donors (Lipinski definition) is 1. The molecular weight excluding hydrogens is 264 g/mol. The smallest absolute Gasteiger partial charge is 0.181 e. The summed E-state index contributed by atoms with van der Waals surface area (Å²) in [6.45, 7) is 3.61. The molecule has 1 atom stereocenters. The van der Waals surface area contributed by atoms with Crippen LogP contribution in [0.1, 0.15) is 24.9 Å². The summed E-state index contributed by atoms with van der Waals surface area (Å²) in [6.07, 6.45) is 4.63. The molecule has 1 aromatic carbocycles. The van der Waals surface area contributed by atoms with E-state index in [4.69, 9.17) is 4.74 Å². The van der Waals surface area contributed by atoms with Crippen LogP contribution in [0, 0.1) is 0 Å². The molecule has 1 unspecified atom stereocenters. The summed E-state index contributed by atoms with van der Waals surface area (Å²) >= 11 is 0. The zero-order valence-electron chi connectivity index (χ0n) is 12.6. The van der Waals surface area contributed by atoms with Gasteiger partial charge in [-0.1, -0.05) is 19.1 Å². The molecule has 0 saturated carbocycles. The predicted octanol–water partition coefficient (Wildman–Crippen LogP) is 2.60. The minimum absolute atomic E-state index is 0.0321. The number of rotatable bonds is 7. The highest BCUT2D eigenvalue weighted by Crippen LogP contribution is 2.19. The van der Waals surface area contributed by atoms with E-state index in [1.807, 2.05) is 36.1 Å². The van der Waals surface area contributed by atoms with E-state index in [0.717, 1.165) is 25.3 Å². The van der Waals surface area contributed by atoms with Crippen molar-refractivity contribution in [1.82, 2.24) is 9.88 Å². The Morgan fingerprint density at radius 1 is 1.14 bits per heavy atom. The molecule has 21 heavy (non-hydrogen) atoms. The van der Waals surface area contributed by atoms with Gasteiger partial charge < -0.3 is 14.6 Å². The Kier molecular flexibility index (Phi) is 5.58. The van der Waals surface area contributed by atoms with Crippen molar-refractivity contribution in [3.8, 4) is 5.75 Å². The lowest BCUT2D eigenvalue weighted by molar-refractivity contribution is 0.317. The van der Waals surface area contributed by atoms with E-state index in [2.05, 4.69) is 24.4 Å². The third-order valence-electron chi connectivity index (χ3n) is 3.36. The van der Waals surface area contributed by atoms with Gasteiger partial charge in [-0.05, 0) is 31.2 Å². The molecule has 0 aliphatic rings. The third kappa shape index (κ3) is 4.46. The number of ether oxygens (including phenoxy) is 1. The quantitative estimate of drug-likeness (QED) is 0.851. The van der Waals surface area contributed by atoms with Gasteiger partial charge in [0.05, 0.1) is 6.61 Å². The molecule has 4 nitrogen and oxygen atoms in total. The van der Waals surface area contributed by atoms with Crippen molar-refractivity contribution in [2.45, 2.75) is 25.9 Å². The highest BCUT2D eigenvalue weighted by atomic mass is 16.5. The zero-order chi connectivity index (χ0) is 15.1. The van der Waals surface area contributed by atoms with Crippen LogP contribution in [-0.2, 0) is 6.54 Å². The number of likely N-dealkylation sites (N-methyl/N-ethyl adjacent to an activating group) is 1. The Morgan fingerprint density at radius 2 is 1.81 bits per heavy atom. The second-order valence-electron chi connectivity index (χ2n) is 4.99. The first-order chi connectivity index (χ1) is 10.2. The number of benzene rings is 1. The van der Waals surface area contributed by atoms with E-state index in [0.29, 0.717) is 0 Å². The number of aromatic nitrogens is 1. The third-order valence-corrected chi connectivity index (χ3v) is 3.36. The van der Waals surface area contributed by atoms with Crippen LogP contribution in [-0.4, -0.2) is 18.2 Å². The van der Waals surface area contributed by atoms with E-state index in [9.17, 15) is 4.79 Å². The molecule has 0 bridgehead atoms. The van der Waals surface area contributed by atoms with E-state index < -0.39 is 0 Å². The van der Waals surface area contributed by atoms with Crippen molar-refractivity contribution >= 4 is 0 Å². The predicted molar refractivity (Wildman–Crippen MR) is 84.7 cm³/mol. The van der Waals surface area contributed by atoms with Crippen molar-refractivity contribution in [2.75, 3.05) is 13.7 Å². The zero-order valence-corrected chi connectivity index (χ0v) is 12.6. The molecule has 0 saturated heterocycles. The molecule has 0 fully saturated rings. The van der Waals surface area contributed by atoms with Crippen LogP contribution < -0.4 is 15.5 Å². The second-order valence-corrected chi connectivity index (χ2v) is 4.99. The van der Waals surface area contributed by atoms with Gasteiger partial charge in [-0.15, -0.1) is 0 Å². The minimum Gasteiger partial charge on any atom is -0.494 e. The monoisotopic (exact) mass is 286 g/mol. The summed E-state index contributed by atoms with van der Waals surface area (Å²) in [7, 11) is 1.94. The van der Waals surface area contributed by atoms with Gasteiger partial charge in [-0.3, -0.25) is 4.79 Å². The molecule has 1 aromatic heterocycles. The van der Waals surface area contributed by atoms with Gasteiger partial charge in [-0.25, -0.2) is 0 Å². The van der Waals surface area contributed by atoms with Crippen LogP contribution in [0.3, 0.4) is 0 Å². The number of nitrogens with one attached hydrogen (secondary N) is 1. The Labute approximate surface area is 125 Å². The van der Waals surface area contributed by atoms with E-state index in [-0.39, 0.29) is 11.5 Å². The molecular formula is C17H22N2O2. The molecule has 0 amide bonds. The van der Waals surface area contributed by atoms with Crippen molar-refractivity contribution in [1.29, 1.82) is 0 Å². The number of nitrogens with zero attached hydrogens (tertiary/aromatic N) is 1. The summed E-state index contributed by atoms with van der Waals surface area (Å²) in [6, 6.07) is 11.5. The van der Waals surface area contributed by atoms with Crippen LogP contribution in [0.4, 0.5) is 0 Å². The lowest BCUT2D eigenvalue weighted by atomic mass is 10.1. The fourth-order valence-electron chi connectivity index (χ4n) is 2.16. The van der Waals surface area contributed by atoms with E-state index in [1.54, 1.807) is 12.1 Å². The summed E-state index contributed by atoms with van der Waals surface area (Å²) in [5, 5.41) is 3.30. The second kappa shape index (κ2) is 7.64. The van der Waals surface area contributed by atoms with Crippen LogP contribution in [0.2, 0.25) is 0 Å². The molecule has 112 valence electrons. The van der Waals surface area contributed by atoms with Crippen molar-refractivity contribution in [3.63, 3.8) is 0 Å². The SMILES string of the molecule is CCCOc1ccc(C(Cn2ccc(=O)cc2)NC)cc1. The van der Waals surface area contributed by atoms with Gasteiger partial charge in [0.1, 0.15) is 5.75 Å². The molecule has 1 N–H and O–H groups in total. The van der Waals surface area contributed by atoms with Gasteiger partial charge in [-0.2, -0.15) is 0 Å². The first-order valence-corrected chi connectivity index (χ1v) is 7.29. The molecule has 1 heterocycles. The molecule has 2 rings (SSSR count). The van der Waals surface area contributed by atoms with E-state index >= 15 is 0 Å². The summed E-state index contributed by atoms with van der Waals surface area (Å²) in [4.78, 5) is 11.1. The standard InChI is InChI=1S/C17H22N2O2/c1-3-12-21-16-6-4-14(5-7-16)17(18-2)13-19-10-8-15(20)9-11-19/h4-11,17-18H,3,12-13H2,1-2H3. The van der Waals surface area contributed by atoms with Crippen LogP contribution in [0.5, 0.6) is 5.75 Å².